The molecule has 0 atom stereocenters. The highest BCUT2D eigenvalue weighted by Gasteiger charge is 2.14. The molecule has 102 valence electrons. The molecule has 0 bridgehead atoms. The number of pyridine rings is 1. The molecule has 4 heteroatoms. The smallest absolute Gasteiger partial charge is 0.151 e. The predicted octanol–water partition coefficient (Wildman–Crippen LogP) is 3.26. The summed E-state index contributed by atoms with van der Waals surface area (Å²) in [6, 6.07) is 5.55. The molecule has 0 saturated carbocycles. The summed E-state index contributed by atoms with van der Waals surface area (Å²) in [6.45, 7) is 5.96. The quantitative estimate of drug-likeness (QED) is 0.907. The van der Waals surface area contributed by atoms with Crippen molar-refractivity contribution < 1.29 is 9.84 Å². The van der Waals surface area contributed by atoms with Gasteiger partial charge in [0.05, 0.1) is 24.6 Å². The molecule has 0 aliphatic rings. The molecule has 0 saturated heterocycles. The lowest BCUT2D eigenvalue weighted by molar-refractivity contribution is 0.408. The Labute approximate surface area is 118 Å². The van der Waals surface area contributed by atoms with Crippen molar-refractivity contribution in [3.05, 3.63) is 40.6 Å². The number of aryl methyl sites for hydroxylation is 1. The lowest BCUT2D eigenvalue weighted by Gasteiger charge is -2.15. The van der Waals surface area contributed by atoms with Crippen LogP contribution < -0.4 is 4.74 Å². The van der Waals surface area contributed by atoms with Crippen molar-refractivity contribution in [3.8, 4) is 28.8 Å². The lowest BCUT2D eigenvalue weighted by atomic mass is 9.95. The molecular weight excluding hydrogens is 252 g/mol. The maximum atomic E-state index is 9.54. The molecule has 0 radical (unpaired) electrons. The van der Waals surface area contributed by atoms with Crippen LogP contribution in [0, 0.1) is 32.1 Å². The van der Waals surface area contributed by atoms with Crippen LogP contribution in [0.2, 0.25) is 0 Å². The summed E-state index contributed by atoms with van der Waals surface area (Å²) in [5.74, 6) is 0.765. The molecule has 0 aliphatic carbocycles. The van der Waals surface area contributed by atoms with Crippen LogP contribution in [0.1, 0.15) is 22.3 Å². The van der Waals surface area contributed by atoms with E-state index >= 15 is 0 Å². The fourth-order valence-corrected chi connectivity index (χ4v) is 2.32. The summed E-state index contributed by atoms with van der Waals surface area (Å²) in [4.78, 5) is 4.21. The number of nitriles is 1. The van der Waals surface area contributed by atoms with Gasteiger partial charge in [-0.15, -0.1) is 0 Å². The van der Waals surface area contributed by atoms with Gasteiger partial charge < -0.3 is 9.84 Å². The summed E-state index contributed by atoms with van der Waals surface area (Å²) in [6.07, 6.45) is 1.31. The number of ether oxygens (including phenoxy) is 1. The van der Waals surface area contributed by atoms with Crippen LogP contribution >= 0.6 is 0 Å². The Morgan fingerprint density at radius 3 is 2.50 bits per heavy atom. The average molecular weight is 268 g/mol. The van der Waals surface area contributed by atoms with Crippen LogP contribution in [0.25, 0.3) is 11.3 Å². The second-order valence-corrected chi connectivity index (χ2v) is 4.72. The van der Waals surface area contributed by atoms with E-state index in [0.717, 1.165) is 28.0 Å². The SMILES string of the molecule is COc1c(C)cc(-c2cc(C#N)c(O)cn2)c(C)c1C. The van der Waals surface area contributed by atoms with Gasteiger partial charge in [0.1, 0.15) is 11.8 Å². The van der Waals surface area contributed by atoms with Gasteiger partial charge >= 0.3 is 0 Å². The summed E-state index contributed by atoms with van der Waals surface area (Å²) in [5.41, 5.74) is 4.95. The number of methoxy groups -OCH3 is 1. The maximum Gasteiger partial charge on any atom is 0.151 e. The van der Waals surface area contributed by atoms with Crippen molar-refractivity contribution in [2.45, 2.75) is 20.8 Å². The van der Waals surface area contributed by atoms with Crippen molar-refractivity contribution in [2.75, 3.05) is 7.11 Å². The standard InChI is InChI=1S/C16H16N2O2/c1-9-5-13(10(2)11(3)16(9)20-4)14-6-12(7-17)15(19)8-18-14/h5-6,8,19H,1-4H3. The Bertz CT molecular complexity index is 715. The number of nitrogens with zero attached hydrogens (tertiary/aromatic N) is 2. The first kappa shape index (κ1) is 13.9. The van der Waals surface area contributed by atoms with Gasteiger partial charge in [-0.1, -0.05) is 0 Å². The van der Waals surface area contributed by atoms with Crippen LogP contribution in [0.15, 0.2) is 18.3 Å². The zero-order valence-corrected chi connectivity index (χ0v) is 12.0. The fraction of sp³-hybridized carbons (Fsp3) is 0.250. The largest absolute Gasteiger partial charge is 0.505 e. The first-order valence-electron chi connectivity index (χ1n) is 6.23. The maximum absolute atomic E-state index is 9.54. The summed E-state index contributed by atoms with van der Waals surface area (Å²) < 4.78 is 5.40. The number of rotatable bonds is 2. The number of aromatic nitrogens is 1. The predicted molar refractivity (Wildman–Crippen MR) is 76.8 cm³/mol. The van der Waals surface area contributed by atoms with Gasteiger partial charge in [0, 0.05) is 5.56 Å². The first-order chi connectivity index (χ1) is 9.49. The Morgan fingerprint density at radius 2 is 1.90 bits per heavy atom. The van der Waals surface area contributed by atoms with Crippen molar-refractivity contribution in [1.29, 1.82) is 5.26 Å². The number of hydrogen-bond acceptors (Lipinski definition) is 4. The third-order valence-electron chi connectivity index (χ3n) is 3.51. The van der Waals surface area contributed by atoms with Crippen LogP contribution in [0.5, 0.6) is 11.5 Å². The third-order valence-corrected chi connectivity index (χ3v) is 3.51. The summed E-state index contributed by atoms with van der Waals surface area (Å²) in [7, 11) is 1.65. The van der Waals surface area contributed by atoms with Crippen LogP contribution in [-0.2, 0) is 0 Å². The Balaban J connectivity index is 2.68. The van der Waals surface area contributed by atoms with E-state index in [1.54, 1.807) is 13.2 Å². The molecule has 0 amide bonds. The fourth-order valence-electron chi connectivity index (χ4n) is 2.32. The third kappa shape index (κ3) is 2.19. The van der Waals surface area contributed by atoms with Gasteiger partial charge in [0.2, 0.25) is 0 Å². The molecule has 0 unspecified atom stereocenters. The first-order valence-corrected chi connectivity index (χ1v) is 6.23. The van der Waals surface area contributed by atoms with E-state index < -0.39 is 0 Å². The Morgan fingerprint density at radius 1 is 1.20 bits per heavy atom. The van der Waals surface area contributed by atoms with Gasteiger partial charge in [-0.3, -0.25) is 4.98 Å². The molecular formula is C16H16N2O2. The molecule has 0 spiro atoms. The monoisotopic (exact) mass is 268 g/mol. The molecule has 0 fully saturated rings. The zero-order valence-electron chi connectivity index (χ0n) is 12.0. The van der Waals surface area contributed by atoms with Crippen LogP contribution in [0.3, 0.4) is 0 Å². The van der Waals surface area contributed by atoms with Gasteiger partial charge in [-0.2, -0.15) is 5.26 Å². The highest BCUT2D eigenvalue weighted by Crippen LogP contribution is 2.34. The van der Waals surface area contributed by atoms with Crippen molar-refractivity contribution in [1.82, 2.24) is 4.98 Å². The second-order valence-electron chi connectivity index (χ2n) is 4.72. The van der Waals surface area contributed by atoms with Crippen LogP contribution in [-0.4, -0.2) is 17.2 Å². The number of aromatic hydroxyl groups is 1. The molecule has 2 aromatic rings. The molecule has 2 rings (SSSR count). The van der Waals surface area contributed by atoms with E-state index in [1.807, 2.05) is 32.9 Å². The second kappa shape index (κ2) is 5.22. The average Bonchev–Trinajstić information content (AvgIpc) is 2.44. The van der Waals surface area contributed by atoms with Crippen molar-refractivity contribution in [3.63, 3.8) is 0 Å². The normalized spacial score (nSPS) is 10.2. The highest BCUT2D eigenvalue weighted by atomic mass is 16.5. The molecule has 4 nitrogen and oxygen atoms in total. The highest BCUT2D eigenvalue weighted by molar-refractivity contribution is 5.70. The minimum Gasteiger partial charge on any atom is -0.505 e. The van der Waals surface area contributed by atoms with Gasteiger partial charge in [0.15, 0.2) is 5.75 Å². The Kier molecular flexibility index (Phi) is 3.62. The molecule has 1 aromatic heterocycles. The van der Waals surface area contributed by atoms with E-state index in [4.69, 9.17) is 10.00 Å². The molecule has 1 aromatic carbocycles. The van der Waals surface area contributed by atoms with E-state index in [2.05, 4.69) is 4.98 Å². The van der Waals surface area contributed by atoms with E-state index in [0.29, 0.717) is 5.69 Å². The molecule has 1 N–H and O–H groups in total. The summed E-state index contributed by atoms with van der Waals surface area (Å²) >= 11 is 0. The van der Waals surface area contributed by atoms with Crippen molar-refractivity contribution in [2.24, 2.45) is 0 Å². The molecule has 0 aliphatic heterocycles. The molecule has 1 heterocycles. The zero-order chi connectivity index (χ0) is 14.9. The number of benzene rings is 1. The number of hydrogen-bond donors (Lipinski definition) is 1. The van der Waals surface area contributed by atoms with Gasteiger partial charge in [-0.25, -0.2) is 0 Å². The Hall–Kier alpha value is -2.54. The van der Waals surface area contributed by atoms with Crippen molar-refractivity contribution >= 4 is 0 Å². The van der Waals surface area contributed by atoms with Gasteiger partial charge in [-0.05, 0) is 49.6 Å². The minimum absolute atomic E-state index is 0.101. The summed E-state index contributed by atoms with van der Waals surface area (Å²) in [5, 5.41) is 18.5. The molecule has 20 heavy (non-hydrogen) atoms. The van der Waals surface area contributed by atoms with E-state index in [1.165, 1.54) is 6.20 Å². The minimum atomic E-state index is -0.101. The van der Waals surface area contributed by atoms with Crippen LogP contribution in [0.4, 0.5) is 0 Å². The topological polar surface area (TPSA) is 66.1 Å². The lowest BCUT2D eigenvalue weighted by Crippen LogP contribution is -1.97. The van der Waals surface area contributed by atoms with Gasteiger partial charge in [0.25, 0.3) is 0 Å². The van der Waals surface area contributed by atoms with E-state index in [-0.39, 0.29) is 11.3 Å². The van der Waals surface area contributed by atoms with E-state index in [9.17, 15) is 5.11 Å².